The number of ketones is 1. The second kappa shape index (κ2) is 5.75. The summed E-state index contributed by atoms with van der Waals surface area (Å²) in [6.45, 7) is 2.43. The highest BCUT2D eigenvalue weighted by Crippen LogP contribution is 2.09. The van der Waals surface area contributed by atoms with E-state index in [1.807, 2.05) is 59.4 Å². The fourth-order valence-electron chi connectivity index (χ4n) is 2.30. The van der Waals surface area contributed by atoms with Crippen LogP contribution in [0.1, 0.15) is 22.8 Å². The Hall–Kier alpha value is -2.68. The molecule has 0 spiro atoms. The largest absolute Gasteiger partial charge is 0.295 e. The molecule has 0 saturated heterocycles. The van der Waals surface area contributed by atoms with Gasteiger partial charge in [0.05, 0.1) is 0 Å². The van der Waals surface area contributed by atoms with Crippen molar-refractivity contribution in [2.45, 2.75) is 13.5 Å². The molecule has 0 atom stereocenters. The molecule has 0 aliphatic carbocycles. The van der Waals surface area contributed by atoms with E-state index in [9.17, 15) is 4.79 Å². The van der Waals surface area contributed by atoms with Crippen LogP contribution in [-0.4, -0.2) is 10.4 Å². The smallest absolute Gasteiger partial charge is 0.249 e. The number of rotatable bonds is 4. The van der Waals surface area contributed by atoms with Gasteiger partial charge in [-0.1, -0.05) is 30.3 Å². The molecule has 0 fully saturated rings. The molecule has 0 radical (unpaired) electrons. The van der Waals surface area contributed by atoms with Gasteiger partial charge in [0, 0.05) is 5.56 Å². The fourth-order valence-corrected chi connectivity index (χ4v) is 2.30. The van der Waals surface area contributed by atoms with Gasteiger partial charge >= 0.3 is 0 Å². The van der Waals surface area contributed by atoms with Gasteiger partial charge in [0.1, 0.15) is 24.6 Å². The predicted molar refractivity (Wildman–Crippen MR) is 81.5 cm³/mol. The number of hydrogen-bond acceptors (Lipinski definition) is 1. The van der Waals surface area contributed by atoms with Crippen molar-refractivity contribution in [2.75, 3.05) is 0 Å². The maximum Gasteiger partial charge on any atom is 0.249 e. The van der Waals surface area contributed by atoms with Crippen molar-refractivity contribution in [3.05, 3.63) is 84.4 Å². The van der Waals surface area contributed by atoms with Gasteiger partial charge in [-0.25, -0.2) is 9.13 Å². The minimum Gasteiger partial charge on any atom is -0.295 e. The first kappa shape index (κ1) is 13.3. The zero-order chi connectivity index (χ0) is 14.7. The third-order valence-corrected chi connectivity index (χ3v) is 3.47. The lowest BCUT2D eigenvalue weighted by Gasteiger charge is -1.98. The third kappa shape index (κ3) is 3.08. The number of aromatic nitrogens is 2. The van der Waals surface area contributed by atoms with Gasteiger partial charge < -0.3 is 0 Å². The summed E-state index contributed by atoms with van der Waals surface area (Å²) in [5.74, 6) is 0.0909. The summed E-state index contributed by atoms with van der Waals surface area (Å²) in [7, 11) is 0. The van der Waals surface area contributed by atoms with E-state index in [0.717, 1.165) is 17.8 Å². The Morgan fingerprint density at radius 2 is 1.76 bits per heavy atom. The van der Waals surface area contributed by atoms with Crippen molar-refractivity contribution in [1.29, 1.82) is 0 Å². The van der Waals surface area contributed by atoms with Crippen LogP contribution in [0.3, 0.4) is 0 Å². The summed E-state index contributed by atoms with van der Waals surface area (Å²) in [6.07, 6.45) is 6.12. The summed E-state index contributed by atoms with van der Waals surface area (Å²) in [6, 6.07) is 18.0. The van der Waals surface area contributed by atoms with Crippen LogP contribution in [0, 0.1) is 0 Å². The van der Waals surface area contributed by atoms with Crippen molar-refractivity contribution in [2.24, 2.45) is 0 Å². The van der Waals surface area contributed by atoms with E-state index in [4.69, 9.17) is 0 Å². The van der Waals surface area contributed by atoms with Crippen LogP contribution in [0.4, 0.5) is 0 Å². The highest BCUT2D eigenvalue weighted by molar-refractivity contribution is 5.94. The second-order valence-corrected chi connectivity index (χ2v) is 5.08. The molecule has 1 aromatic heterocycles. The standard InChI is InChI=1S/C18H17N2O/c1-15(21)17-7-9-18(10-8-17)20-12-11-19(14-20)13-16-5-3-2-4-6-16/h2-12,14H,13H2,1H3/q+1. The molecule has 0 bridgehead atoms. The number of benzene rings is 2. The molecule has 3 nitrogen and oxygen atoms in total. The van der Waals surface area contributed by atoms with E-state index >= 15 is 0 Å². The molecule has 0 aliphatic heterocycles. The molecule has 21 heavy (non-hydrogen) atoms. The lowest BCUT2D eigenvalue weighted by atomic mass is 10.1. The first-order chi connectivity index (χ1) is 10.2. The quantitative estimate of drug-likeness (QED) is 0.532. The number of Topliss-reactive ketones (excluding diaryl/α,β-unsaturated/α-hetero) is 1. The zero-order valence-corrected chi connectivity index (χ0v) is 11.9. The lowest BCUT2D eigenvalue weighted by molar-refractivity contribution is -0.687. The Kier molecular flexibility index (Phi) is 3.65. The van der Waals surface area contributed by atoms with E-state index in [2.05, 4.69) is 23.0 Å². The Labute approximate surface area is 124 Å². The maximum atomic E-state index is 11.3. The van der Waals surface area contributed by atoms with Crippen molar-refractivity contribution in [3.63, 3.8) is 0 Å². The topological polar surface area (TPSA) is 25.9 Å². The van der Waals surface area contributed by atoms with Gasteiger partial charge in [-0.3, -0.25) is 4.79 Å². The van der Waals surface area contributed by atoms with Crippen LogP contribution in [0.5, 0.6) is 0 Å². The average Bonchev–Trinajstić information content (AvgIpc) is 2.97. The molecule has 0 N–H and O–H groups in total. The minimum absolute atomic E-state index is 0.0909. The normalized spacial score (nSPS) is 10.5. The van der Waals surface area contributed by atoms with Crippen molar-refractivity contribution in [1.82, 2.24) is 4.57 Å². The van der Waals surface area contributed by atoms with Crippen LogP contribution < -0.4 is 4.57 Å². The molecule has 3 rings (SSSR count). The molecule has 1 heterocycles. The van der Waals surface area contributed by atoms with E-state index in [1.165, 1.54) is 5.56 Å². The molecule has 3 heteroatoms. The molecular weight excluding hydrogens is 260 g/mol. The molecule has 104 valence electrons. The predicted octanol–water partition coefficient (Wildman–Crippen LogP) is 3.02. The SMILES string of the molecule is CC(=O)c1ccc(-n2cc[n+](Cc3ccccc3)c2)cc1. The number of carbonyl (C=O) groups excluding carboxylic acids is 1. The zero-order valence-electron chi connectivity index (χ0n) is 11.9. The van der Waals surface area contributed by atoms with Crippen molar-refractivity contribution in [3.8, 4) is 5.69 Å². The third-order valence-electron chi connectivity index (χ3n) is 3.47. The van der Waals surface area contributed by atoms with Crippen LogP contribution in [0.2, 0.25) is 0 Å². The molecule has 2 aromatic carbocycles. The van der Waals surface area contributed by atoms with E-state index in [0.29, 0.717) is 0 Å². The van der Waals surface area contributed by atoms with Gasteiger partial charge in [0.15, 0.2) is 5.78 Å². The Balaban J connectivity index is 1.80. The lowest BCUT2D eigenvalue weighted by Crippen LogP contribution is -2.31. The number of imidazole rings is 1. The minimum atomic E-state index is 0.0909. The maximum absolute atomic E-state index is 11.3. The Morgan fingerprint density at radius 1 is 1.05 bits per heavy atom. The summed E-state index contributed by atoms with van der Waals surface area (Å²) in [4.78, 5) is 11.3. The van der Waals surface area contributed by atoms with E-state index in [1.54, 1.807) is 6.92 Å². The molecule has 0 unspecified atom stereocenters. The Bertz CT molecular complexity index is 742. The second-order valence-electron chi connectivity index (χ2n) is 5.08. The number of carbonyl (C=O) groups is 1. The Morgan fingerprint density at radius 3 is 2.43 bits per heavy atom. The van der Waals surface area contributed by atoms with E-state index in [-0.39, 0.29) is 5.78 Å². The van der Waals surface area contributed by atoms with Crippen LogP contribution >= 0.6 is 0 Å². The summed E-state index contributed by atoms with van der Waals surface area (Å²) < 4.78 is 4.18. The first-order valence-corrected chi connectivity index (χ1v) is 6.95. The molecule has 3 aromatic rings. The van der Waals surface area contributed by atoms with Gasteiger partial charge in [-0.2, -0.15) is 0 Å². The highest BCUT2D eigenvalue weighted by Gasteiger charge is 2.08. The van der Waals surface area contributed by atoms with Crippen LogP contribution in [-0.2, 0) is 6.54 Å². The van der Waals surface area contributed by atoms with Gasteiger partial charge in [-0.15, -0.1) is 0 Å². The van der Waals surface area contributed by atoms with Gasteiger partial charge in [-0.05, 0) is 36.8 Å². The monoisotopic (exact) mass is 277 g/mol. The molecular formula is C18H17N2O+. The molecule has 0 aliphatic rings. The number of hydrogen-bond donors (Lipinski definition) is 0. The fraction of sp³-hybridized carbons (Fsp3) is 0.111. The van der Waals surface area contributed by atoms with Crippen LogP contribution in [0.25, 0.3) is 5.69 Å². The van der Waals surface area contributed by atoms with Gasteiger partial charge in [0.2, 0.25) is 6.33 Å². The highest BCUT2D eigenvalue weighted by atomic mass is 16.1. The van der Waals surface area contributed by atoms with Crippen molar-refractivity contribution < 1.29 is 9.36 Å². The van der Waals surface area contributed by atoms with E-state index < -0.39 is 0 Å². The summed E-state index contributed by atoms with van der Waals surface area (Å²) >= 11 is 0. The van der Waals surface area contributed by atoms with Crippen LogP contribution in [0.15, 0.2) is 73.3 Å². The number of nitrogens with zero attached hydrogens (tertiary/aromatic N) is 2. The summed E-state index contributed by atoms with van der Waals surface area (Å²) in [5, 5.41) is 0. The summed E-state index contributed by atoms with van der Waals surface area (Å²) in [5.41, 5.74) is 3.06. The van der Waals surface area contributed by atoms with Crippen molar-refractivity contribution >= 4 is 5.78 Å². The van der Waals surface area contributed by atoms with Gasteiger partial charge in [0.25, 0.3) is 0 Å². The average molecular weight is 277 g/mol. The molecule has 0 saturated carbocycles. The first-order valence-electron chi connectivity index (χ1n) is 6.95. The molecule has 0 amide bonds.